The lowest BCUT2D eigenvalue weighted by Crippen LogP contribution is -2.50. The molecule has 1 rings (SSSR count). The summed E-state index contributed by atoms with van der Waals surface area (Å²) in [6.07, 6.45) is 1.46. The highest BCUT2D eigenvalue weighted by Gasteiger charge is 2.31. The van der Waals surface area contributed by atoms with Crippen molar-refractivity contribution in [2.45, 2.75) is 51.4 Å². The van der Waals surface area contributed by atoms with Crippen LogP contribution >= 0.6 is 0 Å². The molecule has 0 amide bonds. The molecule has 0 aromatic carbocycles. The summed E-state index contributed by atoms with van der Waals surface area (Å²) < 4.78 is 11.0. The lowest BCUT2D eigenvalue weighted by Gasteiger charge is -2.34. The average Bonchev–Trinajstić information content (AvgIpc) is 2.69. The third-order valence-electron chi connectivity index (χ3n) is 3.56. The maximum atomic E-state index is 5.64. The molecule has 1 saturated heterocycles. The van der Waals surface area contributed by atoms with Crippen molar-refractivity contribution >= 4 is 0 Å². The number of nitrogens with one attached hydrogen (secondary N) is 1. The van der Waals surface area contributed by atoms with Gasteiger partial charge in [0.25, 0.3) is 0 Å². The summed E-state index contributed by atoms with van der Waals surface area (Å²) in [5.41, 5.74) is 0. The van der Waals surface area contributed by atoms with E-state index in [9.17, 15) is 0 Å². The average molecular weight is 244 g/mol. The predicted molar refractivity (Wildman–Crippen MR) is 70.4 cm³/mol. The number of rotatable bonds is 7. The van der Waals surface area contributed by atoms with E-state index in [0.29, 0.717) is 24.2 Å². The fourth-order valence-corrected chi connectivity index (χ4v) is 2.41. The predicted octanol–water partition coefficient (Wildman–Crippen LogP) is 1.11. The SMILES string of the molecule is COCC(CNC(C)C)N(C)C1CCOC1C. The monoisotopic (exact) mass is 244 g/mol. The maximum Gasteiger partial charge on any atom is 0.0703 e. The topological polar surface area (TPSA) is 33.7 Å². The van der Waals surface area contributed by atoms with Crippen LogP contribution in [0.15, 0.2) is 0 Å². The van der Waals surface area contributed by atoms with Gasteiger partial charge in [0, 0.05) is 38.4 Å². The number of likely N-dealkylation sites (N-methyl/N-ethyl adjacent to an activating group) is 1. The van der Waals surface area contributed by atoms with Crippen molar-refractivity contribution < 1.29 is 9.47 Å². The van der Waals surface area contributed by atoms with Gasteiger partial charge in [-0.1, -0.05) is 13.8 Å². The van der Waals surface area contributed by atoms with Gasteiger partial charge in [-0.05, 0) is 20.4 Å². The highest BCUT2D eigenvalue weighted by molar-refractivity contribution is 4.85. The molecule has 3 unspecified atom stereocenters. The molecule has 0 aliphatic carbocycles. The van der Waals surface area contributed by atoms with Crippen molar-refractivity contribution in [2.75, 3.05) is 33.9 Å². The van der Waals surface area contributed by atoms with E-state index in [4.69, 9.17) is 9.47 Å². The second-order valence-corrected chi connectivity index (χ2v) is 5.27. The standard InChI is InChI=1S/C13H28N2O2/c1-10(2)14-8-12(9-16-5)15(4)13-6-7-17-11(13)3/h10-14H,6-9H2,1-5H3. The molecule has 0 radical (unpaired) electrons. The molecule has 1 aliphatic heterocycles. The second kappa shape index (κ2) is 7.31. The Bertz CT molecular complexity index is 212. The number of nitrogens with zero attached hydrogens (tertiary/aromatic N) is 1. The van der Waals surface area contributed by atoms with Crippen LogP contribution in [0.4, 0.5) is 0 Å². The Balaban J connectivity index is 2.49. The summed E-state index contributed by atoms with van der Waals surface area (Å²) in [7, 11) is 3.95. The first-order valence-corrected chi connectivity index (χ1v) is 6.62. The van der Waals surface area contributed by atoms with Crippen LogP contribution in [-0.4, -0.2) is 63.0 Å². The van der Waals surface area contributed by atoms with E-state index in [0.717, 1.165) is 26.2 Å². The molecule has 0 bridgehead atoms. The number of hydrogen-bond acceptors (Lipinski definition) is 4. The molecular formula is C13H28N2O2. The number of methoxy groups -OCH3 is 1. The van der Waals surface area contributed by atoms with Crippen LogP contribution < -0.4 is 5.32 Å². The van der Waals surface area contributed by atoms with Crippen LogP contribution in [0.5, 0.6) is 0 Å². The van der Waals surface area contributed by atoms with Crippen molar-refractivity contribution in [3.8, 4) is 0 Å². The van der Waals surface area contributed by atoms with Gasteiger partial charge in [0.05, 0.1) is 12.7 Å². The fourth-order valence-electron chi connectivity index (χ4n) is 2.41. The minimum Gasteiger partial charge on any atom is -0.383 e. The summed E-state index contributed by atoms with van der Waals surface area (Å²) in [4.78, 5) is 2.41. The van der Waals surface area contributed by atoms with E-state index in [2.05, 4.69) is 38.0 Å². The Labute approximate surface area is 106 Å². The lowest BCUT2D eigenvalue weighted by molar-refractivity contribution is 0.0399. The van der Waals surface area contributed by atoms with E-state index in [1.807, 2.05) is 0 Å². The molecule has 4 nitrogen and oxygen atoms in total. The van der Waals surface area contributed by atoms with Gasteiger partial charge in [-0.15, -0.1) is 0 Å². The van der Waals surface area contributed by atoms with Crippen molar-refractivity contribution in [2.24, 2.45) is 0 Å². The molecule has 1 heterocycles. The highest BCUT2D eigenvalue weighted by Crippen LogP contribution is 2.20. The Morgan fingerprint density at radius 2 is 2.18 bits per heavy atom. The van der Waals surface area contributed by atoms with E-state index < -0.39 is 0 Å². The van der Waals surface area contributed by atoms with Crippen LogP contribution in [0.2, 0.25) is 0 Å². The van der Waals surface area contributed by atoms with E-state index >= 15 is 0 Å². The molecule has 1 fully saturated rings. The summed E-state index contributed by atoms with van der Waals surface area (Å²) in [5.74, 6) is 0. The van der Waals surface area contributed by atoms with Gasteiger partial charge >= 0.3 is 0 Å². The molecule has 4 heteroatoms. The fraction of sp³-hybridized carbons (Fsp3) is 1.00. The van der Waals surface area contributed by atoms with Crippen LogP contribution in [0.3, 0.4) is 0 Å². The molecule has 0 aromatic heterocycles. The molecule has 3 atom stereocenters. The zero-order valence-electron chi connectivity index (χ0n) is 11.9. The van der Waals surface area contributed by atoms with Crippen molar-refractivity contribution in [3.63, 3.8) is 0 Å². The minimum absolute atomic E-state index is 0.332. The zero-order valence-corrected chi connectivity index (χ0v) is 11.9. The van der Waals surface area contributed by atoms with E-state index in [1.165, 1.54) is 0 Å². The van der Waals surface area contributed by atoms with Crippen LogP contribution in [0, 0.1) is 0 Å². The summed E-state index contributed by atoms with van der Waals surface area (Å²) in [5, 5.41) is 3.49. The van der Waals surface area contributed by atoms with Gasteiger partial charge in [-0.3, -0.25) is 4.90 Å². The third-order valence-corrected chi connectivity index (χ3v) is 3.56. The first kappa shape index (κ1) is 14.9. The minimum atomic E-state index is 0.332. The molecule has 0 aromatic rings. The molecular weight excluding hydrogens is 216 g/mol. The van der Waals surface area contributed by atoms with Gasteiger partial charge in [-0.25, -0.2) is 0 Å². The molecule has 0 spiro atoms. The number of ether oxygens (including phenoxy) is 2. The molecule has 0 saturated carbocycles. The normalized spacial score (nSPS) is 27.0. The second-order valence-electron chi connectivity index (χ2n) is 5.27. The van der Waals surface area contributed by atoms with Gasteiger partial charge in [0.15, 0.2) is 0 Å². The van der Waals surface area contributed by atoms with Crippen molar-refractivity contribution in [1.82, 2.24) is 10.2 Å². The van der Waals surface area contributed by atoms with Crippen molar-refractivity contribution in [3.05, 3.63) is 0 Å². The summed E-state index contributed by atoms with van der Waals surface area (Å²) in [6, 6.07) is 1.45. The van der Waals surface area contributed by atoms with Gasteiger partial charge in [-0.2, -0.15) is 0 Å². The van der Waals surface area contributed by atoms with Gasteiger partial charge < -0.3 is 14.8 Å². The highest BCUT2D eigenvalue weighted by atomic mass is 16.5. The van der Waals surface area contributed by atoms with Gasteiger partial charge in [0.1, 0.15) is 0 Å². The molecule has 1 aliphatic rings. The Morgan fingerprint density at radius 3 is 2.65 bits per heavy atom. The van der Waals surface area contributed by atoms with Gasteiger partial charge in [0.2, 0.25) is 0 Å². The maximum absolute atomic E-state index is 5.64. The van der Waals surface area contributed by atoms with Crippen molar-refractivity contribution in [1.29, 1.82) is 0 Å². The first-order valence-electron chi connectivity index (χ1n) is 6.62. The largest absolute Gasteiger partial charge is 0.383 e. The molecule has 102 valence electrons. The molecule has 1 N–H and O–H groups in total. The summed E-state index contributed by atoms with van der Waals surface area (Å²) in [6.45, 7) is 9.11. The quantitative estimate of drug-likeness (QED) is 0.727. The first-order chi connectivity index (χ1) is 8.06. The number of hydrogen-bond donors (Lipinski definition) is 1. The Kier molecular flexibility index (Phi) is 6.41. The third kappa shape index (κ3) is 4.54. The summed E-state index contributed by atoms with van der Waals surface area (Å²) >= 11 is 0. The Morgan fingerprint density at radius 1 is 1.47 bits per heavy atom. The molecule has 17 heavy (non-hydrogen) atoms. The zero-order chi connectivity index (χ0) is 12.8. The van der Waals surface area contributed by atoms with Crippen LogP contribution in [0.25, 0.3) is 0 Å². The Hall–Kier alpha value is -0.160. The van der Waals surface area contributed by atoms with E-state index in [-0.39, 0.29) is 0 Å². The van der Waals surface area contributed by atoms with Crippen LogP contribution in [-0.2, 0) is 9.47 Å². The van der Waals surface area contributed by atoms with Crippen LogP contribution in [0.1, 0.15) is 27.2 Å². The van der Waals surface area contributed by atoms with E-state index in [1.54, 1.807) is 7.11 Å². The smallest absolute Gasteiger partial charge is 0.0703 e. The lowest BCUT2D eigenvalue weighted by atomic mass is 10.1.